The zero-order chi connectivity index (χ0) is 27.5. The lowest BCUT2D eigenvalue weighted by molar-refractivity contribution is -0.126. The molecule has 4 N–H and O–H groups in total. The molecule has 0 saturated heterocycles. The molecule has 4 aromatic carbocycles. The minimum atomic E-state index is -3.82. The van der Waals surface area contributed by atoms with E-state index < -0.39 is 41.6 Å². The summed E-state index contributed by atoms with van der Waals surface area (Å²) in [6.45, 7) is 0.131. The molecule has 4 rings (SSSR count). The number of hydrogen-bond donors (Lipinski definition) is 3. The Labute approximate surface area is 220 Å². The topological polar surface area (TPSA) is 154 Å². The maximum Gasteiger partial charge on any atom is 0.339 e. The number of primary amides is 1. The van der Waals surface area contributed by atoms with Crippen LogP contribution in [0, 0.1) is 0 Å². The minimum absolute atomic E-state index is 0.131. The van der Waals surface area contributed by atoms with E-state index in [1.807, 2.05) is 48.5 Å². The fraction of sp³-hybridized carbons (Fsp3) is 0.308. The predicted octanol–water partition coefficient (Wildman–Crippen LogP) is 3.49. The molecule has 0 aromatic heterocycles. The van der Waals surface area contributed by atoms with E-state index in [4.69, 9.17) is 14.8 Å². The van der Waals surface area contributed by atoms with Crippen LogP contribution in [0.5, 0.6) is 0 Å². The summed E-state index contributed by atoms with van der Waals surface area (Å²) in [6.07, 6.45) is 0.440. The van der Waals surface area contributed by atoms with E-state index in [2.05, 4.69) is 10.0 Å². The van der Waals surface area contributed by atoms with Gasteiger partial charge in [-0.1, -0.05) is 48.5 Å². The van der Waals surface area contributed by atoms with Gasteiger partial charge in [-0.2, -0.15) is 0 Å². The van der Waals surface area contributed by atoms with Crippen molar-refractivity contribution in [3.8, 4) is 0 Å². The molecular weight excluding hydrogens is 529 g/mol. The normalized spacial score (nSPS) is 13.3. The first-order valence-electron chi connectivity index (χ1n) is 12.0. The Morgan fingerprint density at radius 3 is 2.16 bits per heavy atom. The van der Waals surface area contributed by atoms with Gasteiger partial charge in [-0.05, 0) is 52.3 Å². The Kier molecular flexibility index (Phi) is 8.34. The van der Waals surface area contributed by atoms with E-state index in [-0.39, 0.29) is 17.9 Å². The average Bonchev–Trinajstić information content (AvgIpc) is 2.90. The molecule has 202 valence electrons. The molecule has 0 aliphatic carbocycles. The molecule has 0 saturated carbocycles. The first kappa shape index (κ1) is 27.9. The molecule has 1 atom stereocenters. The van der Waals surface area contributed by atoms with E-state index in [1.54, 1.807) is 6.07 Å². The van der Waals surface area contributed by atoms with E-state index in [0.717, 1.165) is 41.2 Å². The lowest BCUT2D eigenvalue weighted by atomic mass is 9.94. The van der Waals surface area contributed by atoms with Crippen LogP contribution < -0.4 is 15.8 Å². The van der Waals surface area contributed by atoms with Crippen LogP contribution in [0.1, 0.15) is 19.3 Å². The van der Waals surface area contributed by atoms with Crippen LogP contribution in [0.2, 0.25) is 0 Å². The number of nitrogens with two attached hydrogens (primary N) is 1. The highest BCUT2D eigenvalue weighted by Gasteiger charge is 2.28. The molecule has 0 heterocycles. The zero-order valence-corrected chi connectivity index (χ0v) is 22.8. The Bertz CT molecular complexity index is 1620. The van der Waals surface area contributed by atoms with Gasteiger partial charge in [0.25, 0.3) is 0 Å². The third-order valence-electron chi connectivity index (χ3n) is 6.56. The highest BCUT2D eigenvalue weighted by atomic mass is 32.2. The van der Waals surface area contributed by atoms with Gasteiger partial charge < -0.3 is 20.1 Å². The van der Waals surface area contributed by atoms with Gasteiger partial charge >= 0.3 is 7.60 Å². The maximum absolute atomic E-state index is 13.2. The number of hydrogen-bond acceptors (Lipinski definition) is 7. The smallest absolute Gasteiger partial charge is 0.339 e. The Morgan fingerprint density at radius 2 is 1.53 bits per heavy atom. The lowest BCUT2D eigenvalue weighted by Crippen LogP contribution is -2.45. The molecule has 0 aliphatic heterocycles. The highest BCUT2D eigenvalue weighted by Crippen LogP contribution is 2.45. The van der Waals surface area contributed by atoms with Crippen LogP contribution >= 0.6 is 7.60 Å². The molecule has 0 bridgehead atoms. The first-order valence-corrected chi connectivity index (χ1v) is 15.2. The summed E-state index contributed by atoms with van der Waals surface area (Å²) < 4.78 is 50.7. The van der Waals surface area contributed by atoms with Crippen molar-refractivity contribution in [1.82, 2.24) is 10.0 Å². The number of carbonyl (C=O) groups is 2. The number of amides is 2. The fourth-order valence-corrected chi connectivity index (χ4v) is 6.73. The third-order valence-corrected chi connectivity index (χ3v) is 9.87. The molecule has 4 aromatic rings. The van der Waals surface area contributed by atoms with Gasteiger partial charge in [0.05, 0.1) is 4.90 Å². The minimum Gasteiger partial charge on any atom is -0.368 e. The van der Waals surface area contributed by atoms with Gasteiger partial charge in [0.2, 0.25) is 21.8 Å². The molecule has 0 spiro atoms. The van der Waals surface area contributed by atoms with E-state index in [9.17, 15) is 22.6 Å². The van der Waals surface area contributed by atoms with Gasteiger partial charge in [0.1, 0.15) is 12.2 Å². The maximum atomic E-state index is 13.2. The van der Waals surface area contributed by atoms with Crippen molar-refractivity contribution in [2.75, 3.05) is 26.9 Å². The van der Waals surface area contributed by atoms with Crippen LogP contribution in [0.15, 0.2) is 59.5 Å². The van der Waals surface area contributed by atoms with Crippen LogP contribution in [-0.2, 0) is 33.2 Å². The number of nitrogens with one attached hydrogen (secondary N) is 2. The summed E-state index contributed by atoms with van der Waals surface area (Å²) in [7, 11) is -5.09. The van der Waals surface area contributed by atoms with Gasteiger partial charge in [-0.25, -0.2) is 13.1 Å². The number of carbonyl (C=O) groups excluding carboxylic acids is 2. The zero-order valence-electron chi connectivity index (χ0n) is 21.1. The van der Waals surface area contributed by atoms with Crippen LogP contribution in [0.4, 0.5) is 0 Å². The second kappa shape index (κ2) is 11.3. The highest BCUT2D eigenvalue weighted by molar-refractivity contribution is 7.89. The summed E-state index contributed by atoms with van der Waals surface area (Å²) in [5, 5.41) is 8.10. The van der Waals surface area contributed by atoms with Gasteiger partial charge in [0, 0.05) is 26.2 Å². The fourth-order valence-electron chi connectivity index (χ4n) is 4.61. The molecule has 0 aliphatic rings. The van der Waals surface area contributed by atoms with Crippen molar-refractivity contribution in [1.29, 1.82) is 0 Å². The number of rotatable bonds is 13. The first-order chi connectivity index (χ1) is 18.1. The standard InChI is InChI=1S/C26H30N3O7PS/c1-35-37(32,36-2)16-23(30)29-21(26(27)31)8-3-4-15-28-38(33,34)22-14-12-19-10-9-17-6-5-7-18-11-13-20(22)25(19)24(17)18/h5-7,9-14,21,28H,3-4,8,15-16H2,1-2H3,(H2,27,31)(H,29,30)/t21-/m0/s1. The number of benzene rings is 4. The van der Waals surface area contributed by atoms with Gasteiger partial charge in [-0.3, -0.25) is 14.2 Å². The van der Waals surface area contributed by atoms with Crippen LogP contribution in [0.3, 0.4) is 0 Å². The molecule has 10 nitrogen and oxygen atoms in total. The van der Waals surface area contributed by atoms with E-state index >= 15 is 0 Å². The molecular formula is C26H30N3O7PS. The second-order valence-electron chi connectivity index (χ2n) is 8.97. The SMILES string of the molecule is COP(=O)(CC(=O)N[C@@H](CCCCNS(=O)(=O)c1ccc2ccc3cccc4ccc1c2c34)C(N)=O)OC. The molecule has 2 amide bonds. The molecule has 0 unspecified atom stereocenters. The van der Waals surface area contributed by atoms with Crippen molar-refractivity contribution < 1.29 is 31.6 Å². The van der Waals surface area contributed by atoms with Gasteiger partial charge in [-0.15, -0.1) is 0 Å². The summed E-state index contributed by atoms with van der Waals surface area (Å²) in [4.78, 5) is 24.1. The lowest BCUT2D eigenvalue weighted by Gasteiger charge is -2.18. The average molecular weight is 560 g/mol. The Hall–Kier alpha value is -3.08. The van der Waals surface area contributed by atoms with Crippen molar-refractivity contribution >= 4 is 61.8 Å². The van der Waals surface area contributed by atoms with Crippen molar-refractivity contribution in [2.24, 2.45) is 5.73 Å². The summed E-state index contributed by atoms with van der Waals surface area (Å²) in [5.74, 6) is -1.45. The molecule has 0 radical (unpaired) electrons. The molecule has 0 fully saturated rings. The van der Waals surface area contributed by atoms with E-state index in [0.29, 0.717) is 18.2 Å². The largest absolute Gasteiger partial charge is 0.368 e. The Morgan fingerprint density at radius 1 is 0.921 bits per heavy atom. The second-order valence-corrected chi connectivity index (χ2v) is 13.0. The van der Waals surface area contributed by atoms with Crippen molar-refractivity contribution in [3.05, 3.63) is 54.6 Å². The van der Waals surface area contributed by atoms with Crippen LogP contribution in [0.25, 0.3) is 32.3 Å². The monoisotopic (exact) mass is 559 g/mol. The number of sulfonamides is 1. The van der Waals surface area contributed by atoms with Crippen molar-refractivity contribution in [2.45, 2.75) is 30.2 Å². The van der Waals surface area contributed by atoms with Gasteiger partial charge in [0.15, 0.2) is 0 Å². The quantitative estimate of drug-likeness (QED) is 0.129. The third kappa shape index (κ3) is 5.82. The predicted molar refractivity (Wildman–Crippen MR) is 147 cm³/mol. The van der Waals surface area contributed by atoms with Crippen molar-refractivity contribution in [3.63, 3.8) is 0 Å². The summed E-state index contributed by atoms with van der Waals surface area (Å²) in [5.41, 5.74) is 5.39. The number of unbranched alkanes of at least 4 members (excludes halogenated alkanes) is 1. The molecule has 12 heteroatoms. The summed E-state index contributed by atoms with van der Waals surface area (Å²) >= 11 is 0. The molecule has 38 heavy (non-hydrogen) atoms. The van der Waals surface area contributed by atoms with Crippen LogP contribution in [-0.4, -0.2) is 53.2 Å². The van der Waals surface area contributed by atoms with E-state index in [1.165, 1.54) is 0 Å². The Balaban J connectivity index is 1.40. The summed E-state index contributed by atoms with van der Waals surface area (Å²) in [6, 6.07) is 16.2.